The first-order valence-electron chi connectivity index (χ1n) is 11.8. The number of nitrogens with zero attached hydrogens (tertiary/aromatic N) is 3. The quantitative estimate of drug-likeness (QED) is 0.537. The van der Waals surface area contributed by atoms with Crippen LogP contribution in [0.2, 0.25) is 5.02 Å². The van der Waals surface area contributed by atoms with Crippen LogP contribution in [0.4, 0.5) is 5.69 Å². The van der Waals surface area contributed by atoms with E-state index >= 15 is 0 Å². The normalized spacial score (nSPS) is 20.0. The van der Waals surface area contributed by atoms with Crippen molar-refractivity contribution in [3.05, 3.63) is 94.5 Å². The predicted octanol–water partition coefficient (Wildman–Crippen LogP) is 4.61. The second kappa shape index (κ2) is 9.62. The van der Waals surface area contributed by atoms with E-state index in [1.54, 1.807) is 19.1 Å². The van der Waals surface area contributed by atoms with Crippen molar-refractivity contribution >= 4 is 29.1 Å². The van der Waals surface area contributed by atoms with E-state index in [1.165, 1.54) is 0 Å². The Hall–Kier alpha value is -3.51. The molecular weight excluding hydrogens is 462 g/mol. The topological polar surface area (TPSA) is 53.1 Å². The molecule has 5 rings (SSSR count). The highest BCUT2D eigenvalue weighted by atomic mass is 35.5. The molecule has 35 heavy (non-hydrogen) atoms. The first-order chi connectivity index (χ1) is 17.0. The number of hydrogen-bond acceptors (Lipinski definition) is 4. The minimum Gasteiger partial charge on any atom is -0.497 e. The average molecular weight is 490 g/mol. The van der Waals surface area contributed by atoms with Crippen molar-refractivity contribution in [1.29, 1.82) is 0 Å². The zero-order valence-electron chi connectivity index (χ0n) is 19.9. The summed E-state index contributed by atoms with van der Waals surface area (Å²) in [5.41, 5.74) is 3.36. The van der Waals surface area contributed by atoms with Crippen molar-refractivity contribution in [2.45, 2.75) is 12.0 Å². The number of methoxy groups -OCH3 is 1. The SMILES string of the molecule is COc1ccc([C@@H]2[C@@H](C(=O)N3CCN(c4cccc(Cl)c4)CC3)c3ccccc3C(=O)N2C)cc1. The zero-order valence-corrected chi connectivity index (χ0v) is 20.6. The fourth-order valence-electron chi connectivity index (χ4n) is 5.21. The number of ether oxygens (including phenoxy) is 1. The summed E-state index contributed by atoms with van der Waals surface area (Å²) in [7, 11) is 3.40. The van der Waals surface area contributed by atoms with Gasteiger partial charge in [-0.05, 0) is 47.5 Å². The molecule has 2 amide bonds. The van der Waals surface area contributed by atoms with Crippen LogP contribution in [0.15, 0.2) is 72.8 Å². The molecule has 0 N–H and O–H groups in total. The third-order valence-electron chi connectivity index (χ3n) is 7.07. The van der Waals surface area contributed by atoms with Crippen molar-refractivity contribution in [2.75, 3.05) is 45.2 Å². The molecule has 0 unspecified atom stereocenters. The van der Waals surface area contributed by atoms with Gasteiger partial charge < -0.3 is 19.4 Å². The van der Waals surface area contributed by atoms with Crippen LogP contribution >= 0.6 is 11.6 Å². The highest BCUT2D eigenvalue weighted by Crippen LogP contribution is 2.43. The number of benzene rings is 3. The summed E-state index contributed by atoms with van der Waals surface area (Å²) >= 11 is 6.18. The number of amides is 2. The Morgan fingerprint density at radius 2 is 1.66 bits per heavy atom. The van der Waals surface area contributed by atoms with Crippen molar-refractivity contribution in [3.63, 3.8) is 0 Å². The molecule has 3 aromatic rings. The van der Waals surface area contributed by atoms with Gasteiger partial charge in [-0.15, -0.1) is 0 Å². The van der Waals surface area contributed by atoms with E-state index in [2.05, 4.69) is 4.90 Å². The molecule has 3 aromatic carbocycles. The van der Waals surface area contributed by atoms with Gasteiger partial charge in [0.2, 0.25) is 5.91 Å². The second-order valence-corrected chi connectivity index (χ2v) is 9.43. The number of piperazine rings is 1. The molecule has 0 saturated carbocycles. The second-order valence-electron chi connectivity index (χ2n) is 8.99. The summed E-state index contributed by atoms with van der Waals surface area (Å²) in [5, 5.41) is 0.704. The standard InChI is InChI=1S/C28H28ClN3O3/c1-30-26(19-10-12-22(35-2)13-11-19)25(23-8-3-4-9-24(23)27(30)33)28(34)32-16-14-31(15-17-32)21-7-5-6-20(29)18-21/h3-13,18,25-26H,14-17H2,1-2H3/t25-,26+/m0/s1. The molecule has 7 heteroatoms. The fraction of sp³-hybridized carbons (Fsp3) is 0.286. The molecule has 2 heterocycles. The van der Waals surface area contributed by atoms with Gasteiger partial charge in [0, 0.05) is 49.5 Å². The van der Waals surface area contributed by atoms with Crippen LogP contribution in [-0.2, 0) is 4.79 Å². The number of carbonyl (C=O) groups excluding carboxylic acids is 2. The van der Waals surface area contributed by atoms with Crippen LogP contribution in [0, 0.1) is 0 Å². The highest BCUT2D eigenvalue weighted by molar-refractivity contribution is 6.30. The lowest BCUT2D eigenvalue weighted by Crippen LogP contribution is -2.53. The van der Waals surface area contributed by atoms with Crippen molar-refractivity contribution in [1.82, 2.24) is 9.80 Å². The molecule has 1 saturated heterocycles. The maximum absolute atomic E-state index is 14.1. The molecular formula is C28H28ClN3O3. The lowest BCUT2D eigenvalue weighted by atomic mass is 9.79. The number of fused-ring (bicyclic) bond motifs is 1. The van der Waals surface area contributed by atoms with E-state index in [1.807, 2.05) is 77.7 Å². The monoisotopic (exact) mass is 489 g/mol. The number of anilines is 1. The maximum atomic E-state index is 14.1. The van der Waals surface area contributed by atoms with E-state index in [4.69, 9.17) is 16.3 Å². The summed E-state index contributed by atoms with van der Waals surface area (Å²) in [6, 6.07) is 22.5. The molecule has 0 radical (unpaired) electrons. The number of carbonyl (C=O) groups is 2. The Morgan fingerprint density at radius 1 is 0.943 bits per heavy atom. The van der Waals surface area contributed by atoms with Crippen molar-refractivity contribution < 1.29 is 14.3 Å². The van der Waals surface area contributed by atoms with E-state index < -0.39 is 12.0 Å². The highest BCUT2D eigenvalue weighted by Gasteiger charge is 2.44. The largest absolute Gasteiger partial charge is 0.497 e. The van der Waals surface area contributed by atoms with Crippen LogP contribution in [0.1, 0.15) is 33.4 Å². The van der Waals surface area contributed by atoms with Gasteiger partial charge in [0.15, 0.2) is 0 Å². The molecule has 6 nitrogen and oxygen atoms in total. The smallest absolute Gasteiger partial charge is 0.254 e. The minimum absolute atomic E-state index is 0.0448. The summed E-state index contributed by atoms with van der Waals surface area (Å²) in [5.74, 6) is 0.221. The number of hydrogen-bond donors (Lipinski definition) is 0. The van der Waals surface area contributed by atoms with Crippen LogP contribution in [-0.4, -0.2) is 62.0 Å². The summed E-state index contributed by atoms with van der Waals surface area (Å²) < 4.78 is 5.32. The van der Waals surface area contributed by atoms with Gasteiger partial charge in [-0.3, -0.25) is 9.59 Å². The molecule has 0 bridgehead atoms. The molecule has 2 atom stereocenters. The van der Waals surface area contributed by atoms with E-state index in [0.717, 1.165) is 35.7 Å². The van der Waals surface area contributed by atoms with Gasteiger partial charge in [-0.2, -0.15) is 0 Å². The van der Waals surface area contributed by atoms with E-state index in [0.29, 0.717) is 23.7 Å². The van der Waals surface area contributed by atoms with Crippen LogP contribution in [0.3, 0.4) is 0 Å². The van der Waals surface area contributed by atoms with Gasteiger partial charge in [-0.25, -0.2) is 0 Å². The summed E-state index contributed by atoms with van der Waals surface area (Å²) in [4.78, 5) is 33.2. The van der Waals surface area contributed by atoms with E-state index in [-0.39, 0.29) is 11.8 Å². The molecule has 180 valence electrons. The Morgan fingerprint density at radius 3 is 2.34 bits per heavy atom. The molecule has 1 fully saturated rings. The van der Waals surface area contributed by atoms with Gasteiger partial charge in [-0.1, -0.05) is 48.0 Å². The Bertz CT molecular complexity index is 1240. The van der Waals surface area contributed by atoms with Crippen LogP contribution in [0.25, 0.3) is 0 Å². The van der Waals surface area contributed by atoms with Gasteiger partial charge in [0.05, 0.1) is 19.1 Å². The zero-order chi connectivity index (χ0) is 24.5. The Kier molecular flexibility index (Phi) is 6.39. The molecule has 2 aliphatic rings. The van der Waals surface area contributed by atoms with Gasteiger partial charge in [0.1, 0.15) is 5.75 Å². The van der Waals surface area contributed by atoms with Crippen molar-refractivity contribution in [3.8, 4) is 5.75 Å². The Balaban J connectivity index is 1.45. The molecule has 2 aliphatic heterocycles. The lowest BCUT2D eigenvalue weighted by Gasteiger charge is -2.43. The molecule has 0 aromatic heterocycles. The average Bonchev–Trinajstić information content (AvgIpc) is 2.90. The van der Waals surface area contributed by atoms with Gasteiger partial charge in [0.25, 0.3) is 5.91 Å². The minimum atomic E-state index is -0.486. The first-order valence-corrected chi connectivity index (χ1v) is 12.1. The lowest BCUT2D eigenvalue weighted by molar-refractivity contribution is -0.134. The number of halogens is 1. The molecule has 0 aliphatic carbocycles. The first kappa shape index (κ1) is 23.2. The van der Waals surface area contributed by atoms with E-state index in [9.17, 15) is 9.59 Å². The fourth-order valence-corrected chi connectivity index (χ4v) is 5.40. The Labute approximate surface area is 210 Å². The number of rotatable bonds is 4. The van der Waals surface area contributed by atoms with Gasteiger partial charge >= 0.3 is 0 Å². The predicted molar refractivity (Wildman–Crippen MR) is 137 cm³/mol. The van der Waals surface area contributed by atoms with Crippen LogP contribution < -0.4 is 9.64 Å². The van der Waals surface area contributed by atoms with Crippen molar-refractivity contribution in [2.24, 2.45) is 0 Å². The maximum Gasteiger partial charge on any atom is 0.254 e. The number of likely N-dealkylation sites (N-methyl/N-ethyl adjacent to an activating group) is 1. The summed E-state index contributed by atoms with van der Waals surface area (Å²) in [6.45, 7) is 2.67. The van der Waals surface area contributed by atoms with Crippen LogP contribution in [0.5, 0.6) is 5.75 Å². The third kappa shape index (κ3) is 4.34. The summed E-state index contributed by atoms with van der Waals surface area (Å²) in [6.07, 6.45) is 0. The molecule has 0 spiro atoms. The third-order valence-corrected chi connectivity index (χ3v) is 7.30.